The van der Waals surface area contributed by atoms with Gasteiger partial charge in [0.2, 0.25) is 0 Å². The van der Waals surface area contributed by atoms with Gasteiger partial charge in [0, 0.05) is 32.6 Å². The molecule has 3 aromatic rings. The van der Waals surface area contributed by atoms with Crippen LogP contribution < -0.4 is 19.8 Å². The first-order valence-electron chi connectivity index (χ1n) is 14.4. The lowest BCUT2D eigenvalue weighted by molar-refractivity contribution is -0.138. The van der Waals surface area contributed by atoms with Crippen molar-refractivity contribution in [1.82, 2.24) is 0 Å². The summed E-state index contributed by atoms with van der Waals surface area (Å²) >= 11 is 0. The van der Waals surface area contributed by atoms with Crippen molar-refractivity contribution >= 4 is 30.9 Å². The molecule has 0 saturated heterocycles. The van der Waals surface area contributed by atoms with E-state index in [1.165, 1.54) is 16.7 Å². The number of nitrogens with zero attached hydrogens (tertiary/aromatic N) is 1. The summed E-state index contributed by atoms with van der Waals surface area (Å²) in [6.07, 6.45) is 5.75. The van der Waals surface area contributed by atoms with Crippen LogP contribution in [0.3, 0.4) is 0 Å². The maximum Gasteiger partial charge on any atom is 0.303 e. The van der Waals surface area contributed by atoms with E-state index < -0.39 is 11.9 Å². The van der Waals surface area contributed by atoms with Crippen LogP contribution in [0.25, 0.3) is 11.1 Å². The second-order valence-corrected chi connectivity index (χ2v) is 10.6. The van der Waals surface area contributed by atoms with E-state index >= 15 is 0 Å². The first-order valence-corrected chi connectivity index (χ1v) is 14.4. The van der Waals surface area contributed by atoms with E-state index in [9.17, 15) is 14.7 Å². The lowest BCUT2D eigenvalue weighted by Crippen LogP contribution is -2.08. The molecule has 0 aliphatic carbocycles. The molecular weight excluding hydrogens is 517 g/mol. The third-order valence-electron chi connectivity index (χ3n) is 6.99. The lowest BCUT2D eigenvalue weighted by Gasteiger charge is -2.15. The summed E-state index contributed by atoms with van der Waals surface area (Å²) in [5, 5.41) is 18.1. The van der Waals surface area contributed by atoms with Gasteiger partial charge in [-0.05, 0) is 84.7 Å². The monoisotopic (exact) mass is 559 g/mol. The van der Waals surface area contributed by atoms with Crippen molar-refractivity contribution in [1.29, 1.82) is 0 Å². The quantitative estimate of drug-likeness (QED) is 0.165. The summed E-state index contributed by atoms with van der Waals surface area (Å²) in [6, 6.07) is 20.7. The number of aliphatic carboxylic acids is 2. The standard InChI is InChI=1S/C33H42BNO6/c1-35(2)28-15-13-24(14-16-28)26-21-27(34)23-29(22-26)40-19-6-4-3-5-9-25-10-7-11-31(30(25)17-18-33(38)39)41-20-8-12-32(36)37/h7,10-11,13-16,21-23H,3-6,8-9,12,17-20,34H2,1-2H3,(H,36,37)(H,38,39). The molecule has 8 heteroatoms. The number of hydrogen-bond acceptors (Lipinski definition) is 5. The predicted molar refractivity (Wildman–Crippen MR) is 167 cm³/mol. The average Bonchev–Trinajstić information content (AvgIpc) is 2.93. The second kappa shape index (κ2) is 16.4. The Morgan fingerprint density at radius 2 is 1.46 bits per heavy atom. The molecule has 0 aliphatic rings. The highest BCUT2D eigenvalue weighted by atomic mass is 16.5. The number of unbranched alkanes of at least 4 members (excludes halogenated alkanes) is 3. The number of ether oxygens (including phenoxy) is 2. The molecule has 0 aromatic heterocycles. The molecule has 218 valence electrons. The van der Waals surface area contributed by atoms with Gasteiger partial charge in [0.25, 0.3) is 0 Å². The zero-order valence-corrected chi connectivity index (χ0v) is 24.5. The summed E-state index contributed by atoms with van der Waals surface area (Å²) < 4.78 is 12.0. The van der Waals surface area contributed by atoms with Crippen LogP contribution in [-0.2, 0) is 22.4 Å². The summed E-state index contributed by atoms with van der Waals surface area (Å²) in [4.78, 5) is 24.1. The van der Waals surface area contributed by atoms with Crippen molar-refractivity contribution in [2.24, 2.45) is 0 Å². The molecule has 0 amide bonds. The molecule has 3 rings (SSSR count). The fourth-order valence-electron chi connectivity index (χ4n) is 4.81. The molecule has 0 heterocycles. The fraction of sp³-hybridized carbons (Fsp3) is 0.394. The minimum absolute atomic E-state index is 0.0297. The van der Waals surface area contributed by atoms with Gasteiger partial charge in [-0.25, -0.2) is 0 Å². The van der Waals surface area contributed by atoms with Gasteiger partial charge in [0.15, 0.2) is 0 Å². The van der Waals surface area contributed by atoms with E-state index in [-0.39, 0.29) is 12.8 Å². The molecule has 0 fully saturated rings. The molecule has 3 aromatic carbocycles. The molecule has 41 heavy (non-hydrogen) atoms. The SMILES string of the molecule is Bc1cc(OCCCCCCc2cccc(OCCCC(=O)O)c2CCC(=O)O)cc(-c2ccc(N(C)C)cc2)c1. The molecule has 0 atom stereocenters. The Morgan fingerprint density at radius 1 is 0.756 bits per heavy atom. The molecule has 0 radical (unpaired) electrons. The van der Waals surface area contributed by atoms with Crippen molar-refractivity contribution in [3.63, 3.8) is 0 Å². The Morgan fingerprint density at radius 3 is 2.17 bits per heavy atom. The van der Waals surface area contributed by atoms with E-state index in [0.29, 0.717) is 31.8 Å². The van der Waals surface area contributed by atoms with Gasteiger partial charge in [-0.3, -0.25) is 9.59 Å². The first-order chi connectivity index (χ1) is 19.7. The Labute approximate surface area is 244 Å². The highest BCUT2D eigenvalue weighted by Gasteiger charge is 2.12. The van der Waals surface area contributed by atoms with Gasteiger partial charge in [0.1, 0.15) is 19.3 Å². The number of anilines is 1. The van der Waals surface area contributed by atoms with E-state index in [1.54, 1.807) is 0 Å². The van der Waals surface area contributed by atoms with Crippen molar-refractivity contribution in [2.45, 2.75) is 57.8 Å². The summed E-state index contributed by atoms with van der Waals surface area (Å²) in [6.45, 7) is 0.951. The largest absolute Gasteiger partial charge is 0.494 e. The van der Waals surface area contributed by atoms with E-state index in [2.05, 4.69) is 55.2 Å². The van der Waals surface area contributed by atoms with Gasteiger partial charge in [-0.15, -0.1) is 0 Å². The zero-order valence-electron chi connectivity index (χ0n) is 24.5. The van der Waals surface area contributed by atoms with Crippen LogP contribution in [0.4, 0.5) is 5.69 Å². The van der Waals surface area contributed by atoms with Crippen molar-refractivity contribution in [3.8, 4) is 22.6 Å². The first kappa shape index (κ1) is 31.6. The molecule has 0 aliphatic heterocycles. The molecule has 0 bridgehead atoms. The number of carbonyl (C=O) groups is 2. The van der Waals surface area contributed by atoms with Crippen molar-refractivity contribution in [2.75, 3.05) is 32.2 Å². The minimum atomic E-state index is -0.853. The van der Waals surface area contributed by atoms with E-state index in [1.807, 2.05) is 32.3 Å². The van der Waals surface area contributed by atoms with Crippen LogP contribution in [0, 0.1) is 0 Å². The number of carboxylic acid groups (broad SMARTS) is 2. The predicted octanol–water partition coefficient (Wildman–Crippen LogP) is 5.12. The van der Waals surface area contributed by atoms with E-state index in [0.717, 1.165) is 54.5 Å². The Kier molecular flexibility index (Phi) is 12.6. The minimum Gasteiger partial charge on any atom is -0.494 e. The topological polar surface area (TPSA) is 96.3 Å². The Bertz CT molecular complexity index is 1280. The van der Waals surface area contributed by atoms with Crippen molar-refractivity contribution in [3.05, 3.63) is 71.8 Å². The maximum atomic E-state index is 11.2. The smallest absolute Gasteiger partial charge is 0.303 e. The number of aryl methyl sites for hydroxylation is 1. The van der Waals surface area contributed by atoms with Gasteiger partial charge in [-0.1, -0.05) is 48.6 Å². The zero-order chi connectivity index (χ0) is 29.6. The number of rotatable bonds is 18. The molecule has 0 unspecified atom stereocenters. The maximum absolute atomic E-state index is 11.2. The van der Waals surface area contributed by atoms with Crippen molar-refractivity contribution < 1.29 is 29.3 Å². The normalized spacial score (nSPS) is 10.8. The third kappa shape index (κ3) is 10.9. The van der Waals surface area contributed by atoms with Crippen LogP contribution in [0.15, 0.2) is 60.7 Å². The number of carboxylic acids is 2. The Balaban J connectivity index is 1.47. The van der Waals surface area contributed by atoms with Gasteiger partial charge < -0.3 is 24.6 Å². The molecule has 7 nitrogen and oxygen atoms in total. The van der Waals surface area contributed by atoms with Crippen LogP contribution in [0.5, 0.6) is 11.5 Å². The highest BCUT2D eigenvalue weighted by molar-refractivity contribution is 6.32. The Hall–Kier alpha value is -3.94. The average molecular weight is 560 g/mol. The van der Waals surface area contributed by atoms with Gasteiger partial charge >= 0.3 is 11.9 Å². The highest BCUT2D eigenvalue weighted by Crippen LogP contribution is 2.27. The fourth-order valence-corrected chi connectivity index (χ4v) is 4.81. The molecule has 0 saturated carbocycles. The third-order valence-corrected chi connectivity index (χ3v) is 6.99. The van der Waals surface area contributed by atoms with Crippen LogP contribution in [-0.4, -0.2) is 57.3 Å². The van der Waals surface area contributed by atoms with Gasteiger partial charge in [0.05, 0.1) is 13.2 Å². The summed E-state index contributed by atoms with van der Waals surface area (Å²) in [5.74, 6) is -0.151. The molecule has 2 N–H and O–H groups in total. The second-order valence-electron chi connectivity index (χ2n) is 10.6. The number of hydrogen-bond donors (Lipinski definition) is 2. The van der Waals surface area contributed by atoms with Gasteiger partial charge in [-0.2, -0.15) is 0 Å². The summed E-state index contributed by atoms with van der Waals surface area (Å²) in [5.41, 5.74) is 6.67. The lowest BCUT2D eigenvalue weighted by atomic mass is 9.92. The van der Waals surface area contributed by atoms with Crippen LogP contribution >= 0.6 is 0 Å². The molecule has 0 spiro atoms. The summed E-state index contributed by atoms with van der Waals surface area (Å²) in [7, 11) is 6.16. The van der Waals surface area contributed by atoms with Crippen LogP contribution in [0.1, 0.15) is 56.1 Å². The van der Waals surface area contributed by atoms with E-state index in [4.69, 9.17) is 14.6 Å². The molecular formula is C33H42BNO6. The number of benzene rings is 3. The van der Waals surface area contributed by atoms with Crippen LogP contribution in [0.2, 0.25) is 0 Å².